The molecule has 0 fully saturated rings. The molecule has 0 atom stereocenters. The van der Waals surface area contributed by atoms with E-state index in [2.05, 4.69) is 48.1 Å². The molecule has 2 aromatic rings. The van der Waals surface area contributed by atoms with Gasteiger partial charge in [-0.2, -0.15) is 4.37 Å². The third-order valence-electron chi connectivity index (χ3n) is 1.90. The van der Waals surface area contributed by atoms with E-state index in [1.54, 1.807) is 0 Å². The third-order valence-corrected chi connectivity index (χ3v) is 4.10. The highest BCUT2D eigenvalue weighted by atomic mass is 79.9. The van der Waals surface area contributed by atoms with Crippen molar-refractivity contribution >= 4 is 43.4 Å². The summed E-state index contributed by atoms with van der Waals surface area (Å²) in [5.41, 5.74) is 2.32. The standard InChI is InChI=1S/C9H6Br2N2S/c1-5-6(3-2-4-7(5)10)8-12-9(11)13-14-8/h2-4H,1H3. The topological polar surface area (TPSA) is 25.8 Å². The van der Waals surface area contributed by atoms with Crippen LogP contribution in [-0.2, 0) is 0 Å². The van der Waals surface area contributed by atoms with Gasteiger partial charge >= 0.3 is 0 Å². The first-order valence-electron chi connectivity index (χ1n) is 3.93. The summed E-state index contributed by atoms with van der Waals surface area (Å²) >= 11 is 8.14. The van der Waals surface area contributed by atoms with E-state index in [0.717, 1.165) is 15.0 Å². The minimum absolute atomic E-state index is 0.650. The van der Waals surface area contributed by atoms with Crippen LogP contribution in [0.25, 0.3) is 10.6 Å². The van der Waals surface area contributed by atoms with Gasteiger partial charge in [-0.1, -0.05) is 28.1 Å². The smallest absolute Gasteiger partial charge is 0.209 e. The molecule has 0 amide bonds. The van der Waals surface area contributed by atoms with E-state index in [-0.39, 0.29) is 0 Å². The monoisotopic (exact) mass is 332 g/mol. The van der Waals surface area contributed by atoms with Crippen molar-refractivity contribution in [3.8, 4) is 10.6 Å². The van der Waals surface area contributed by atoms with Gasteiger partial charge in [-0.25, -0.2) is 4.98 Å². The number of rotatable bonds is 1. The Bertz CT molecular complexity index is 468. The van der Waals surface area contributed by atoms with Gasteiger partial charge in [-0.15, -0.1) is 0 Å². The second kappa shape index (κ2) is 4.08. The van der Waals surface area contributed by atoms with Crippen molar-refractivity contribution in [1.29, 1.82) is 0 Å². The van der Waals surface area contributed by atoms with Crippen LogP contribution in [0.2, 0.25) is 0 Å². The van der Waals surface area contributed by atoms with Crippen LogP contribution in [0.1, 0.15) is 5.56 Å². The van der Waals surface area contributed by atoms with Crippen LogP contribution in [0.15, 0.2) is 27.4 Å². The van der Waals surface area contributed by atoms with Crippen molar-refractivity contribution in [3.05, 3.63) is 33.0 Å². The zero-order valence-electron chi connectivity index (χ0n) is 7.29. The molecule has 0 radical (unpaired) electrons. The van der Waals surface area contributed by atoms with Gasteiger partial charge in [0.1, 0.15) is 5.01 Å². The van der Waals surface area contributed by atoms with Gasteiger partial charge in [-0.3, -0.25) is 0 Å². The molecular weight excluding hydrogens is 328 g/mol. The molecule has 2 rings (SSSR count). The molecule has 14 heavy (non-hydrogen) atoms. The molecular formula is C9H6Br2N2S. The lowest BCUT2D eigenvalue weighted by Gasteiger charge is -2.02. The fourth-order valence-electron chi connectivity index (χ4n) is 1.15. The molecule has 1 heterocycles. The average Bonchev–Trinajstić information content (AvgIpc) is 2.57. The maximum absolute atomic E-state index is 4.29. The largest absolute Gasteiger partial charge is 0.209 e. The van der Waals surface area contributed by atoms with E-state index in [0.29, 0.717) is 4.73 Å². The Morgan fingerprint density at radius 3 is 2.71 bits per heavy atom. The zero-order chi connectivity index (χ0) is 10.1. The summed E-state index contributed by atoms with van der Waals surface area (Å²) in [4.78, 5) is 4.29. The maximum atomic E-state index is 4.29. The highest BCUT2D eigenvalue weighted by molar-refractivity contribution is 9.10. The summed E-state index contributed by atoms with van der Waals surface area (Å²) in [5, 5.41) is 0.940. The molecule has 0 aliphatic rings. The van der Waals surface area contributed by atoms with Crippen molar-refractivity contribution in [2.75, 3.05) is 0 Å². The molecule has 2 nitrogen and oxygen atoms in total. The molecule has 0 spiro atoms. The molecule has 72 valence electrons. The second-order valence-electron chi connectivity index (χ2n) is 2.78. The van der Waals surface area contributed by atoms with E-state index in [1.807, 2.05) is 18.2 Å². The van der Waals surface area contributed by atoms with Crippen LogP contribution in [-0.4, -0.2) is 9.36 Å². The predicted octanol–water partition coefficient (Wildman–Crippen LogP) is 4.04. The van der Waals surface area contributed by atoms with Crippen LogP contribution in [0.5, 0.6) is 0 Å². The molecule has 0 bridgehead atoms. The van der Waals surface area contributed by atoms with Crippen LogP contribution in [0.4, 0.5) is 0 Å². The van der Waals surface area contributed by atoms with Gasteiger partial charge in [0, 0.05) is 10.0 Å². The normalized spacial score (nSPS) is 10.5. The Hall–Kier alpha value is -0.260. The summed E-state index contributed by atoms with van der Waals surface area (Å²) in [7, 11) is 0. The summed E-state index contributed by atoms with van der Waals surface area (Å²) in [5.74, 6) is 0. The molecule has 5 heteroatoms. The molecule has 1 aromatic heterocycles. The summed E-state index contributed by atoms with van der Waals surface area (Å²) in [6, 6.07) is 6.07. The van der Waals surface area contributed by atoms with Crippen molar-refractivity contribution in [3.63, 3.8) is 0 Å². The van der Waals surface area contributed by atoms with E-state index in [4.69, 9.17) is 0 Å². The van der Waals surface area contributed by atoms with E-state index >= 15 is 0 Å². The van der Waals surface area contributed by atoms with Gasteiger partial charge in [0.2, 0.25) is 4.73 Å². The highest BCUT2D eigenvalue weighted by Gasteiger charge is 2.08. The molecule has 1 aromatic carbocycles. The number of aromatic nitrogens is 2. The van der Waals surface area contributed by atoms with E-state index in [1.165, 1.54) is 17.1 Å². The first kappa shape index (κ1) is 10.3. The van der Waals surface area contributed by atoms with Gasteiger partial charge < -0.3 is 0 Å². The van der Waals surface area contributed by atoms with Crippen LogP contribution in [0.3, 0.4) is 0 Å². The van der Waals surface area contributed by atoms with E-state index in [9.17, 15) is 0 Å². The molecule has 0 saturated carbocycles. The van der Waals surface area contributed by atoms with Crippen molar-refractivity contribution < 1.29 is 0 Å². The molecule has 0 unspecified atom stereocenters. The Morgan fingerprint density at radius 2 is 2.07 bits per heavy atom. The SMILES string of the molecule is Cc1c(Br)cccc1-c1nc(Br)ns1. The number of benzene rings is 1. The number of hydrogen-bond donors (Lipinski definition) is 0. The first-order chi connectivity index (χ1) is 6.68. The summed E-state index contributed by atoms with van der Waals surface area (Å²) < 4.78 is 5.84. The number of halogens is 2. The maximum Gasteiger partial charge on any atom is 0.209 e. The fourth-order valence-corrected chi connectivity index (χ4v) is 2.68. The highest BCUT2D eigenvalue weighted by Crippen LogP contribution is 2.30. The van der Waals surface area contributed by atoms with E-state index < -0.39 is 0 Å². The van der Waals surface area contributed by atoms with Crippen LogP contribution < -0.4 is 0 Å². The summed E-state index contributed by atoms with van der Waals surface area (Å²) in [6.45, 7) is 2.06. The zero-order valence-corrected chi connectivity index (χ0v) is 11.3. The van der Waals surface area contributed by atoms with Crippen molar-refractivity contribution in [1.82, 2.24) is 9.36 Å². The van der Waals surface area contributed by atoms with Crippen molar-refractivity contribution in [2.24, 2.45) is 0 Å². The Morgan fingerprint density at radius 1 is 1.29 bits per heavy atom. The van der Waals surface area contributed by atoms with Crippen LogP contribution in [0, 0.1) is 6.92 Å². The predicted molar refractivity (Wildman–Crippen MR) is 65.5 cm³/mol. The minimum Gasteiger partial charge on any atom is -0.209 e. The van der Waals surface area contributed by atoms with Gasteiger partial charge in [0.15, 0.2) is 0 Å². The quantitative estimate of drug-likeness (QED) is 0.787. The van der Waals surface area contributed by atoms with Crippen molar-refractivity contribution in [2.45, 2.75) is 6.92 Å². The lowest BCUT2D eigenvalue weighted by atomic mass is 10.1. The van der Waals surface area contributed by atoms with Crippen LogP contribution >= 0.6 is 43.4 Å². The minimum atomic E-state index is 0.650. The number of hydrogen-bond acceptors (Lipinski definition) is 3. The first-order valence-corrected chi connectivity index (χ1v) is 6.29. The summed E-state index contributed by atoms with van der Waals surface area (Å²) in [6.07, 6.45) is 0. The van der Waals surface area contributed by atoms with Gasteiger partial charge in [0.05, 0.1) is 0 Å². The number of nitrogens with zero attached hydrogens (tertiary/aromatic N) is 2. The molecule has 0 saturated heterocycles. The Balaban J connectivity index is 2.57. The Labute approximate surface area is 103 Å². The Kier molecular flexibility index (Phi) is 2.99. The molecule has 0 aliphatic heterocycles. The lowest BCUT2D eigenvalue weighted by molar-refractivity contribution is 1.25. The average molecular weight is 334 g/mol. The second-order valence-corrected chi connectivity index (χ2v) is 5.10. The third kappa shape index (κ3) is 1.89. The van der Waals surface area contributed by atoms with Gasteiger partial charge in [-0.05, 0) is 46.0 Å². The molecule has 0 aliphatic carbocycles. The molecule has 0 N–H and O–H groups in total. The fraction of sp³-hybridized carbons (Fsp3) is 0.111. The lowest BCUT2D eigenvalue weighted by Crippen LogP contribution is -1.83. The van der Waals surface area contributed by atoms with Gasteiger partial charge in [0.25, 0.3) is 0 Å².